The molecule has 2 aromatic rings. The zero-order valence-electron chi connectivity index (χ0n) is 11.1. The van der Waals surface area contributed by atoms with Crippen molar-refractivity contribution in [2.45, 2.75) is 26.7 Å². The van der Waals surface area contributed by atoms with Gasteiger partial charge in [0.25, 0.3) is 0 Å². The van der Waals surface area contributed by atoms with Gasteiger partial charge in [-0.05, 0) is 25.3 Å². The van der Waals surface area contributed by atoms with Crippen molar-refractivity contribution in [3.63, 3.8) is 0 Å². The maximum atomic E-state index is 4.38. The van der Waals surface area contributed by atoms with Gasteiger partial charge < -0.3 is 5.32 Å². The van der Waals surface area contributed by atoms with E-state index in [1.807, 2.05) is 26.0 Å². The summed E-state index contributed by atoms with van der Waals surface area (Å²) in [6.45, 7) is 6.99. The zero-order valence-corrected chi connectivity index (χ0v) is 11.1. The van der Waals surface area contributed by atoms with Crippen molar-refractivity contribution in [3.8, 4) is 0 Å². The third-order valence-corrected chi connectivity index (χ3v) is 2.92. The van der Waals surface area contributed by atoms with Crippen LogP contribution in [0.1, 0.15) is 29.9 Å². The van der Waals surface area contributed by atoms with Crippen LogP contribution < -0.4 is 5.32 Å². The summed E-state index contributed by atoms with van der Waals surface area (Å²) in [6.07, 6.45) is 0. The molecule has 3 nitrogen and oxygen atoms in total. The van der Waals surface area contributed by atoms with Gasteiger partial charge in [-0.2, -0.15) is 0 Å². The van der Waals surface area contributed by atoms with E-state index < -0.39 is 0 Å². The van der Waals surface area contributed by atoms with E-state index in [4.69, 9.17) is 0 Å². The third-order valence-electron chi connectivity index (χ3n) is 2.92. The highest BCUT2D eigenvalue weighted by molar-refractivity contribution is 5.36. The van der Waals surface area contributed by atoms with Gasteiger partial charge in [0.05, 0.1) is 0 Å². The predicted octanol–water partition coefficient (Wildman–Crippen LogP) is 3.31. The van der Waals surface area contributed by atoms with E-state index in [2.05, 4.69) is 46.5 Å². The summed E-state index contributed by atoms with van der Waals surface area (Å²) < 4.78 is 0. The molecule has 1 unspecified atom stereocenters. The fourth-order valence-corrected chi connectivity index (χ4v) is 1.96. The van der Waals surface area contributed by atoms with Crippen molar-refractivity contribution in [3.05, 3.63) is 53.5 Å². The van der Waals surface area contributed by atoms with Crippen LogP contribution in [-0.2, 0) is 0 Å². The summed E-state index contributed by atoms with van der Waals surface area (Å²) >= 11 is 0. The van der Waals surface area contributed by atoms with Crippen LogP contribution >= 0.6 is 0 Å². The standard InChI is InChI=1S/C15H19N3/c1-11(14-7-5-4-6-8-14)10-16-15-9-12(2)17-13(3)18-15/h4-9,11H,10H2,1-3H3,(H,16,17,18). The molecule has 0 amide bonds. The second-order valence-corrected chi connectivity index (χ2v) is 4.63. The van der Waals surface area contributed by atoms with E-state index in [1.54, 1.807) is 0 Å². The third kappa shape index (κ3) is 3.29. The van der Waals surface area contributed by atoms with Gasteiger partial charge in [-0.15, -0.1) is 0 Å². The Balaban J connectivity index is 1.99. The number of benzene rings is 1. The van der Waals surface area contributed by atoms with Crippen molar-refractivity contribution in [1.82, 2.24) is 9.97 Å². The molecule has 94 valence electrons. The van der Waals surface area contributed by atoms with E-state index in [9.17, 15) is 0 Å². The van der Waals surface area contributed by atoms with Gasteiger partial charge in [0.1, 0.15) is 11.6 Å². The van der Waals surface area contributed by atoms with E-state index in [-0.39, 0.29) is 0 Å². The van der Waals surface area contributed by atoms with Crippen molar-refractivity contribution >= 4 is 5.82 Å². The maximum Gasteiger partial charge on any atom is 0.129 e. The average Bonchev–Trinajstić information content (AvgIpc) is 2.36. The first kappa shape index (κ1) is 12.6. The summed E-state index contributed by atoms with van der Waals surface area (Å²) in [5, 5.41) is 3.37. The quantitative estimate of drug-likeness (QED) is 0.892. The first-order chi connectivity index (χ1) is 8.65. The summed E-state index contributed by atoms with van der Waals surface area (Å²) in [4.78, 5) is 8.65. The van der Waals surface area contributed by atoms with Crippen LogP contribution in [0.2, 0.25) is 0 Å². The highest BCUT2D eigenvalue weighted by atomic mass is 15.0. The fourth-order valence-electron chi connectivity index (χ4n) is 1.96. The molecule has 0 aliphatic rings. The molecule has 1 atom stereocenters. The minimum absolute atomic E-state index is 0.460. The molecule has 3 heteroatoms. The van der Waals surface area contributed by atoms with Gasteiger partial charge in [-0.1, -0.05) is 37.3 Å². The Kier molecular flexibility index (Phi) is 3.92. The highest BCUT2D eigenvalue weighted by Crippen LogP contribution is 2.15. The number of nitrogens with zero attached hydrogens (tertiary/aromatic N) is 2. The van der Waals surface area contributed by atoms with Crippen LogP contribution in [0.4, 0.5) is 5.82 Å². The van der Waals surface area contributed by atoms with Crippen LogP contribution in [-0.4, -0.2) is 16.5 Å². The van der Waals surface area contributed by atoms with E-state index in [0.717, 1.165) is 23.9 Å². The van der Waals surface area contributed by atoms with E-state index in [1.165, 1.54) is 5.56 Å². The Hall–Kier alpha value is -1.90. The Morgan fingerprint density at radius 1 is 1.11 bits per heavy atom. The Labute approximate surface area is 108 Å². The van der Waals surface area contributed by atoms with Crippen LogP contribution in [0.25, 0.3) is 0 Å². The number of hydrogen-bond donors (Lipinski definition) is 1. The molecule has 0 aliphatic heterocycles. The summed E-state index contributed by atoms with van der Waals surface area (Å²) in [7, 11) is 0. The van der Waals surface area contributed by atoms with Crippen molar-refractivity contribution in [2.24, 2.45) is 0 Å². The number of aromatic nitrogens is 2. The number of aryl methyl sites for hydroxylation is 2. The predicted molar refractivity (Wildman–Crippen MR) is 74.9 cm³/mol. The number of hydrogen-bond acceptors (Lipinski definition) is 3. The van der Waals surface area contributed by atoms with Crippen LogP contribution in [0.15, 0.2) is 36.4 Å². The zero-order chi connectivity index (χ0) is 13.0. The molecule has 1 heterocycles. The largest absolute Gasteiger partial charge is 0.369 e. The van der Waals surface area contributed by atoms with Crippen LogP contribution in [0.5, 0.6) is 0 Å². The van der Waals surface area contributed by atoms with Crippen LogP contribution in [0, 0.1) is 13.8 Å². The molecule has 0 saturated heterocycles. The molecule has 18 heavy (non-hydrogen) atoms. The lowest BCUT2D eigenvalue weighted by Crippen LogP contribution is -2.11. The normalized spacial score (nSPS) is 12.2. The first-order valence-corrected chi connectivity index (χ1v) is 6.26. The SMILES string of the molecule is Cc1cc(NCC(C)c2ccccc2)nc(C)n1. The van der Waals surface area contributed by atoms with Crippen LogP contribution in [0.3, 0.4) is 0 Å². The molecule has 0 fully saturated rings. The number of nitrogens with one attached hydrogen (secondary N) is 1. The Bertz CT molecular complexity index is 488. The molecule has 1 aromatic heterocycles. The smallest absolute Gasteiger partial charge is 0.129 e. The van der Waals surface area contributed by atoms with Crippen molar-refractivity contribution in [1.29, 1.82) is 0 Å². The van der Waals surface area contributed by atoms with Gasteiger partial charge in [-0.3, -0.25) is 0 Å². The van der Waals surface area contributed by atoms with E-state index in [0.29, 0.717) is 5.92 Å². The highest BCUT2D eigenvalue weighted by Gasteiger charge is 2.05. The lowest BCUT2D eigenvalue weighted by Gasteiger charge is -2.13. The maximum absolute atomic E-state index is 4.38. The molecule has 1 aromatic carbocycles. The van der Waals surface area contributed by atoms with Gasteiger partial charge in [0.15, 0.2) is 0 Å². The number of rotatable bonds is 4. The van der Waals surface area contributed by atoms with Gasteiger partial charge in [0, 0.05) is 18.3 Å². The van der Waals surface area contributed by atoms with Gasteiger partial charge >= 0.3 is 0 Å². The summed E-state index contributed by atoms with van der Waals surface area (Å²) in [6, 6.07) is 12.5. The minimum atomic E-state index is 0.460. The molecule has 0 bridgehead atoms. The molecule has 0 radical (unpaired) electrons. The second kappa shape index (κ2) is 5.63. The molecular weight excluding hydrogens is 222 g/mol. The minimum Gasteiger partial charge on any atom is -0.369 e. The van der Waals surface area contributed by atoms with Crippen molar-refractivity contribution in [2.75, 3.05) is 11.9 Å². The van der Waals surface area contributed by atoms with E-state index >= 15 is 0 Å². The molecule has 1 N–H and O–H groups in total. The monoisotopic (exact) mass is 241 g/mol. The summed E-state index contributed by atoms with van der Waals surface area (Å²) in [5.74, 6) is 2.18. The van der Waals surface area contributed by atoms with Gasteiger partial charge in [0.2, 0.25) is 0 Å². The fraction of sp³-hybridized carbons (Fsp3) is 0.333. The number of anilines is 1. The lowest BCUT2D eigenvalue weighted by molar-refractivity contribution is 0.799. The molecule has 0 saturated carbocycles. The topological polar surface area (TPSA) is 37.8 Å². The Morgan fingerprint density at radius 2 is 1.83 bits per heavy atom. The second-order valence-electron chi connectivity index (χ2n) is 4.63. The lowest BCUT2D eigenvalue weighted by atomic mass is 10.0. The molecule has 0 spiro atoms. The molecular formula is C15H19N3. The summed E-state index contributed by atoms with van der Waals surface area (Å²) in [5.41, 5.74) is 2.34. The molecule has 0 aliphatic carbocycles. The first-order valence-electron chi connectivity index (χ1n) is 6.26. The van der Waals surface area contributed by atoms with Gasteiger partial charge in [-0.25, -0.2) is 9.97 Å². The molecule has 2 rings (SSSR count). The Morgan fingerprint density at radius 3 is 2.50 bits per heavy atom. The van der Waals surface area contributed by atoms with Crippen molar-refractivity contribution < 1.29 is 0 Å². The average molecular weight is 241 g/mol.